The van der Waals surface area contributed by atoms with Crippen LogP contribution < -0.4 is 16.0 Å². The van der Waals surface area contributed by atoms with E-state index in [0.717, 1.165) is 11.1 Å². The number of aromatic nitrogens is 1. The van der Waals surface area contributed by atoms with E-state index in [0.29, 0.717) is 18.5 Å². The molecule has 3 rings (SSSR count). The highest BCUT2D eigenvalue weighted by molar-refractivity contribution is 5.93. The molecule has 41 heavy (non-hydrogen) atoms. The van der Waals surface area contributed by atoms with Crippen molar-refractivity contribution in [2.24, 2.45) is 12.5 Å². The number of nitrogens with zero attached hydrogens (tertiary/aromatic N) is 1. The van der Waals surface area contributed by atoms with Gasteiger partial charge in [0.25, 0.3) is 5.91 Å². The lowest BCUT2D eigenvalue weighted by Crippen LogP contribution is -2.58. The first-order valence-corrected chi connectivity index (χ1v) is 13.8. The molecule has 0 aliphatic heterocycles. The van der Waals surface area contributed by atoms with Crippen molar-refractivity contribution in [2.45, 2.75) is 64.3 Å². The predicted octanol–water partition coefficient (Wildman–Crippen LogP) is 3.62. The average Bonchev–Trinajstić information content (AvgIpc) is 3.37. The molecule has 9 nitrogen and oxygen atoms in total. The number of carbonyl (C=O) groups is 3. The van der Waals surface area contributed by atoms with E-state index in [2.05, 4.69) is 16.0 Å². The second kappa shape index (κ2) is 14.5. The third-order valence-corrected chi connectivity index (χ3v) is 7.03. The van der Waals surface area contributed by atoms with Crippen molar-refractivity contribution in [3.05, 3.63) is 95.8 Å². The minimum atomic E-state index is -1.01. The summed E-state index contributed by atoms with van der Waals surface area (Å²) in [7, 11) is 3.04. The van der Waals surface area contributed by atoms with Crippen LogP contribution in [-0.4, -0.2) is 58.9 Å². The van der Waals surface area contributed by atoms with Crippen molar-refractivity contribution in [3.8, 4) is 0 Å². The molecule has 3 aromatic rings. The highest BCUT2D eigenvalue weighted by Gasteiger charge is 2.36. The van der Waals surface area contributed by atoms with Gasteiger partial charge in [0.2, 0.25) is 5.91 Å². The number of nitrogens with one attached hydrogen (secondary N) is 3. The van der Waals surface area contributed by atoms with Crippen LogP contribution in [0.3, 0.4) is 0 Å². The Balaban J connectivity index is 1.86. The Morgan fingerprint density at radius 2 is 1.44 bits per heavy atom. The number of carbonyl (C=O) groups excluding carboxylic acids is 3. The molecule has 9 heteroatoms. The zero-order valence-electron chi connectivity index (χ0n) is 24.5. The lowest BCUT2D eigenvalue weighted by molar-refractivity contribution is -0.127. The summed E-state index contributed by atoms with van der Waals surface area (Å²) in [5.74, 6) is -0.681. The number of amides is 3. The maximum absolute atomic E-state index is 13.5. The summed E-state index contributed by atoms with van der Waals surface area (Å²) < 4.78 is 6.48. The van der Waals surface area contributed by atoms with E-state index in [-0.39, 0.29) is 12.3 Å². The lowest BCUT2D eigenvalue weighted by atomic mass is 9.85. The van der Waals surface area contributed by atoms with Crippen LogP contribution in [0.4, 0.5) is 4.79 Å². The molecular weight excluding hydrogens is 520 g/mol. The molecule has 0 radical (unpaired) electrons. The van der Waals surface area contributed by atoms with E-state index in [4.69, 9.17) is 4.74 Å². The SMILES string of the molecule is COC(=O)N[C@H](C(=O)N[C@@H](Cc1ccccc1)[C@@H](O)C[C@H](Cc1ccccc1)NC(=O)c1cccn1C)C(C)(C)C. The van der Waals surface area contributed by atoms with Crippen molar-refractivity contribution >= 4 is 17.9 Å². The molecule has 1 heterocycles. The van der Waals surface area contributed by atoms with Crippen LogP contribution in [0.25, 0.3) is 0 Å². The Bertz CT molecular complexity index is 1270. The monoisotopic (exact) mass is 562 g/mol. The van der Waals surface area contributed by atoms with Crippen LogP contribution >= 0.6 is 0 Å². The van der Waals surface area contributed by atoms with Gasteiger partial charge in [-0.15, -0.1) is 0 Å². The molecular formula is C32H42N4O5. The minimum Gasteiger partial charge on any atom is -0.453 e. The van der Waals surface area contributed by atoms with Crippen LogP contribution in [0.2, 0.25) is 0 Å². The van der Waals surface area contributed by atoms with Crippen LogP contribution in [0, 0.1) is 5.41 Å². The number of methoxy groups -OCH3 is 1. The van der Waals surface area contributed by atoms with Gasteiger partial charge in [-0.25, -0.2) is 4.79 Å². The predicted molar refractivity (Wildman–Crippen MR) is 158 cm³/mol. The fraction of sp³-hybridized carbons (Fsp3) is 0.406. The molecule has 1 aromatic heterocycles. The summed E-state index contributed by atoms with van der Waals surface area (Å²) in [5.41, 5.74) is 1.82. The molecule has 0 spiro atoms. The first-order valence-electron chi connectivity index (χ1n) is 13.8. The Kier molecular flexibility index (Phi) is 11.1. The van der Waals surface area contributed by atoms with Gasteiger partial charge < -0.3 is 30.4 Å². The van der Waals surface area contributed by atoms with Crippen molar-refractivity contribution < 1.29 is 24.2 Å². The van der Waals surface area contributed by atoms with E-state index in [1.165, 1.54) is 7.11 Å². The molecule has 0 aliphatic carbocycles. The maximum atomic E-state index is 13.5. The summed E-state index contributed by atoms with van der Waals surface area (Å²) in [4.78, 5) is 38.7. The Labute approximate surface area is 242 Å². The van der Waals surface area contributed by atoms with Crippen LogP contribution in [0.15, 0.2) is 79.0 Å². The van der Waals surface area contributed by atoms with E-state index < -0.39 is 41.6 Å². The van der Waals surface area contributed by atoms with Gasteiger partial charge in [-0.05, 0) is 47.9 Å². The van der Waals surface area contributed by atoms with Crippen molar-refractivity contribution in [3.63, 3.8) is 0 Å². The molecule has 0 saturated heterocycles. The van der Waals surface area contributed by atoms with Gasteiger partial charge >= 0.3 is 6.09 Å². The molecule has 0 bridgehead atoms. The maximum Gasteiger partial charge on any atom is 0.407 e. The zero-order valence-corrected chi connectivity index (χ0v) is 24.5. The fourth-order valence-corrected chi connectivity index (χ4v) is 4.77. The second-order valence-corrected chi connectivity index (χ2v) is 11.4. The number of hydrogen-bond acceptors (Lipinski definition) is 5. The van der Waals surface area contributed by atoms with Gasteiger partial charge in [0.05, 0.1) is 19.3 Å². The molecule has 0 unspecified atom stereocenters. The number of ether oxygens (including phenoxy) is 1. The van der Waals surface area contributed by atoms with Crippen LogP contribution in [-0.2, 0) is 29.4 Å². The number of aliphatic hydroxyl groups is 1. The first kappa shape index (κ1) is 31.4. The number of alkyl carbamates (subject to hydrolysis) is 1. The van der Waals surface area contributed by atoms with Gasteiger partial charge in [0.15, 0.2) is 0 Å². The normalized spacial score (nSPS) is 14.3. The van der Waals surface area contributed by atoms with E-state index in [1.54, 1.807) is 29.9 Å². The van der Waals surface area contributed by atoms with Gasteiger partial charge in [0, 0.05) is 19.3 Å². The van der Waals surface area contributed by atoms with Crippen LogP contribution in [0.5, 0.6) is 0 Å². The smallest absolute Gasteiger partial charge is 0.407 e. The largest absolute Gasteiger partial charge is 0.453 e. The number of rotatable bonds is 12. The summed E-state index contributed by atoms with van der Waals surface area (Å²) in [5, 5.41) is 20.3. The average molecular weight is 563 g/mol. The summed E-state index contributed by atoms with van der Waals surface area (Å²) >= 11 is 0. The molecule has 0 aliphatic rings. The molecule has 0 fully saturated rings. The van der Waals surface area contributed by atoms with E-state index in [9.17, 15) is 19.5 Å². The van der Waals surface area contributed by atoms with Gasteiger partial charge in [-0.1, -0.05) is 81.4 Å². The summed E-state index contributed by atoms with van der Waals surface area (Å²) in [6, 6.07) is 20.8. The molecule has 4 N–H and O–H groups in total. The number of aryl methyl sites for hydroxylation is 1. The second-order valence-electron chi connectivity index (χ2n) is 11.4. The topological polar surface area (TPSA) is 122 Å². The Morgan fingerprint density at radius 3 is 1.95 bits per heavy atom. The molecule has 0 saturated carbocycles. The highest BCUT2D eigenvalue weighted by atomic mass is 16.5. The molecule has 2 aromatic carbocycles. The van der Waals surface area contributed by atoms with Gasteiger partial charge in [-0.2, -0.15) is 0 Å². The number of hydrogen-bond donors (Lipinski definition) is 4. The van der Waals surface area contributed by atoms with E-state index in [1.807, 2.05) is 81.4 Å². The highest BCUT2D eigenvalue weighted by Crippen LogP contribution is 2.21. The van der Waals surface area contributed by atoms with Crippen LogP contribution in [0.1, 0.15) is 48.8 Å². The molecule has 220 valence electrons. The molecule has 4 atom stereocenters. The summed E-state index contributed by atoms with van der Waals surface area (Å²) in [6.07, 6.45) is 1.11. The standard InChI is InChI=1S/C32H42N4O5/c1-32(2,3)28(35-31(40)41-5)30(39)34-25(20-23-15-10-7-11-16-23)27(37)21-24(19-22-13-8-6-9-14-22)33-29(38)26-17-12-18-36(26)4/h6-18,24-25,27-28,37H,19-21H2,1-5H3,(H,33,38)(H,34,39)(H,35,40)/t24-,25-,27-,28+/m0/s1. The molecule has 3 amide bonds. The third kappa shape index (κ3) is 9.49. The minimum absolute atomic E-state index is 0.188. The number of benzene rings is 2. The zero-order chi connectivity index (χ0) is 30.0. The first-order chi connectivity index (χ1) is 19.5. The summed E-state index contributed by atoms with van der Waals surface area (Å²) in [6.45, 7) is 5.51. The Hall–Kier alpha value is -4.11. The van der Waals surface area contributed by atoms with Gasteiger partial charge in [-0.3, -0.25) is 9.59 Å². The van der Waals surface area contributed by atoms with Crippen molar-refractivity contribution in [2.75, 3.05) is 7.11 Å². The van der Waals surface area contributed by atoms with Crippen molar-refractivity contribution in [1.29, 1.82) is 0 Å². The van der Waals surface area contributed by atoms with Gasteiger partial charge in [0.1, 0.15) is 11.7 Å². The third-order valence-electron chi connectivity index (χ3n) is 7.03. The quantitative estimate of drug-likeness (QED) is 0.269. The lowest BCUT2D eigenvalue weighted by Gasteiger charge is -2.33. The number of aliphatic hydroxyl groups excluding tert-OH is 1. The fourth-order valence-electron chi connectivity index (χ4n) is 4.77. The van der Waals surface area contributed by atoms with Crippen molar-refractivity contribution in [1.82, 2.24) is 20.5 Å². The van der Waals surface area contributed by atoms with E-state index >= 15 is 0 Å². The Morgan fingerprint density at radius 1 is 0.854 bits per heavy atom.